The molecular formula is C13H11N5O. The summed E-state index contributed by atoms with van der Waals surface area (Å²) in [6, 6.07) is 5.78. The molecule has 1 aliphatic heterocycles. The van der Waals surface area contributed by atoms with Crippen LogP contribution < -0.4 is 5.32 Å². The van der Waals surface area contributed by atoms with Crippen molar-refractivity contribution in [2.45, 2.75) is 5.92 Å². The van der Waals surface area contributed by atoms with Gasteiger partial charge in [-0.3, -0.25) is 9.97 Å². The summed E-state index contributed by atoms with van der Waals surface area (Å²) in [5.41, 5.74) is 2.59. The Balaban J connectivity index is 1.74. The second-order valence-electron chi connectivity index (χ2n) is 4.57. The fourth-order valence-corrected chi connectivity index (χ4v) is 2.08. The highest BCUT2D eigenvalue weighted by Crippen LogP contribution is 2.23. The van der Waals surface area contributed by atoms with E-state index in [1.54, 1.807) is 12.4 Å². The van der Waals surface area contributed by atoms with Crippen LogP contribution in [0.1, 0.15) is 11.8 Å². The van der Waals surface area contributed by atoms with E-state index in [1.165, 1.54) is 0 Å². The van der Waals surface area contributed by atoms with Crippen molar-refractivity contribution in [1.82, 2.24) is 25.4 Å². The number of aromatic nitrogens is 4. The summed E-state index contributed by atoms with van der Waals surface area (Å²) >= 11 is 0. The maximum atomic E-state index is 5.30. The van der Waals surface area contributed by atoms with Crippen molar-refractivity contribution in [1.29, 1.82) is 0 Å². The molecule has 3 heterocycles. The number of nitrogens with one attached hydrogen (secondary N) is 1. The average molecular weight is 253 g/mol. The molecule has 0 bridgehead atoms. The van der Waals surface area contributed by atoms with Crippen LogP contribution in [0.3, 0.4) is 0 Å². The average Bonchev–Trinajstić information content (AvgIpc) is 2.85. The molecule has 94 valence electrons. The van der Waals surface area contributed by atoms with Crippen molar-refractivity contribution in [3.05, 3.63) is 36.5 Å². The number of hydrogen-bond acceptors (Lipinski definition) is 6. The summed E-state index contributed by atoms with van der Waals surface area (Å²) in [4.78, 5) is 13.0. The molecule has 2 aromatic heterocycles. The topological polar surface area (TPSA) is 76.7 Å². The minimum Gasteiger partial charge on any atom is -0.339 e. The predicted octanol–water partition coefficient (Wildman–Crippen LogP) is 1.37. The first-order chi connectivity index (χ1) is 9.40. The van der Waals surface area contributed by atoms with Gasteiger partial charge in [-0.1, -0.05) is 5.16 Å². The fourth-order valence-electron chi connectivity index (χ4n) is 2.08. The Labute approximate surface area is 108 Å². The summed E-state index contributed by atoms with van der Waals surface area (Å²) in [5.74, 6) is 1.66. The standard InChI is InChI=1S/C13H11N5O/c1-2-10-11(16-4-3-15-10)5-8(1)12-17-13(19-18-12)9-6-14-7-9/h1-5,9,14H,6-7H2. The summed E-state index contributed by atoms with van der Waals surface area (Å²) in [6.45, 7) is 1.82. The zero-order valence-electron chi connectivity index (χ0n) is 10.1. The van der Waals surface area contributed by atoms with Gasteiger partial charge in [-0.25, -0.2) is 0 Å². The lowest BCUT2D eigenvalue weighted by Crippen LogP contribution is -2.40. The fraction of sp³-hybridized carbons (Fsp3) is 0.231. The molecule has 0 spiro atoms. The first-order valence-corrected chi connectivity index (χ1v) is 6.15. The number of fused-ring (bicyclic) bond motifs is 1. The Morgan fingerprint density at radius 3 is 2.74 bits per heavy atom. The second-order valence-corrected chi connectivity index (χ2v) is 4.57. The lowest BCUT2D eigenvalue weighted by Gasteiger charge is -2.22. The lowest BCUT2D eigenvalue weighted by molar-refractivity contribution is 0.308. The van der Waals surface area contributed by atoms with Gasteiger partial charge in [0.2, 0.25) is 11.7 Å². The predicted molar refractivity (Wildman–Crippen MR) is 68.4 cm³/mol. The summed E-state index contributed by atoms with van der Waals surface area (Å²) in [5, 5.41) is 7.22. The molecule has 6 heteroatoms. The molecule has 1 aromatic carbocycles. The van der Waals surface area contributed by atoms with Crippen LogP contribution in [0.4, 0.5) is 0 Å². The molecule has 0 saturated carbocycles. The third-order valence-electron chi connectivity index (χ3n) is 3.30. The van der Waals surface area contributed by atoms with Crippen LogP contribution in [-0.2, 0) is 0 Å². The van der Waals surface area contributed by atoms with E-state index < -0.39 is 0 Å². The monoisotopic (exact) mass is 253 g/mol. The Kier molecular flexibility index (Phi) is 2.28. The van der Waals surface area contributed by atoms with Gasteiger partial charge in [0.15, 0.2) is 0 Å². The first-order valence-electron chi connectivity index (χ1n) is 6.15. The quantitative estimate of drug-likeness (QED) is 0.743. The molecular weight excluding hydrogens is 242 g/mol. The smallest absolute Gasteiger partial charge is 0.232 e. The van der Waals surface area contributed by atoms with E-state index in [0.717, 1.165) is 29.7 Å². The molecule has 1 saturated heterocycles. The van der Waals surface area contributed by atoms with Crippen molar-refractivity contribution in [3.63, 3.8) is 0 Å². The van der Waals surface area contributed by atoms with Crippen LogP contribution >= 0.6 is 0 Å². The molecule has 0 aliphatic carbocycles. The number of nitrogens with zero attached hydrogens (tertiary/aromatic N) is 4. The van der Waals surface area contributed by atoms with Gasteiger partial charge in [0.1, 0.15) is 0 Å². The van der Waals surface area contributed by atoms with Crippen LogP contribution in [0.2, 0.25) is 0 Å². The Morgan fingerprint density at radius 2 is 1.95 bits per heavy atom. The van der Waals surface area contributed by atoms with Gasteiger partial charge in [0.05, 0.1) is 17.0 Å². The molecule has 3 aromatic rings. The molecule has 0 radical (unpaired) electrons. The van der Waals surface area contributed by atoms with Crippen LogP contribution in [0.5, 0.6) is 0 Å². The Hall–Kier alpha value is -2.34. The molecule has 0 unspecified atom stereocenters. The Bertz CT molecular complexity index is 734. The van der Waals surface area contributed by atoms with Crippen molar-refractivity contribution in [3.8, 4) is 11.4 Å². The normalized spacial score (nSPS) is 15.6. The second kappa shape index (κ2) is 4.10. The van der Waals surface area contributed by atoms with Crippen molar-refractivity contribution < 1.29 is 4.52 Å². The van der Waals surface area contributed by atoms with E-state index in [0.29, 0.717) is 17.6 Å². The highest BCUT2D eigenvalue weighted by molar-refractivity contribution is 5.79. The highest BCUT2D eigenvalue weighted by Gasteiger charge is 2.25. The van der Waals surface area contributed by atoms with E-state index in [2.05, 4.69) is 25.4 Å². The number of benzene rings is 1. The maximum Gasteiger partial charge on any atom is 0.232 e. The number of rotatable bonds is 2. The van der Waals surface area contributed by atoms with E-state index in [1.807, 2.05) is 18.2 Å². The Morgan fingerprint density at radius 1 is 1.11 bits per heavy atom. The van der Waals surface area contributed by atoms with Crippen molar-refractivity contribution in [2.24, 2.45) is 0 Å². The highest BCUT2D eigenvalue weighted by atomic mass is 16.5. The first kappa shape index (κ1) is 10.6. The summed E-state index contributed by atoms with van der Waals surface area (Å²) in [6.07, 6.45) is 3.35. The molecule has 1 fully saturated rings. The van der Waals surface area contributed by atoms with Crippen LogP contribution in [0.25, 0.3) is 22.4 Å². The third-order valence-corrected chi connectivity index (χ3v) is 3.30. The van der Waals surface area contributed by atoms with Crippen LogP contribution in [0.15, 0.2) is 35.1 Å². The van der Waals surface area contributed by atoms with Crippen molar-refractivity contribution in [2.75, 3.05) is 13.1 Å². The summed E-state index contributed by atoms with van der Waals surface area (Å²) in [7, 11) is 0. The molecule has 0 atom stereocenters. The van der Waals surface area contributed by atoms with Gasteiger partial charge in [0, 0.05) is 31.0 Å². The summed E-state index contributed by atoms with van der Waals surface area (Å²) < 4.78 is 5.30. The molecule has 1 aliphatic rings. The molecule has 4 rings (SSSR count). The van der Waals surface area contributed by atoms with E-state index in [9.17, 15) is 0 Å². The maximum absolute atomic E-state index is 5.30. The van der Waals surface area contributed by atoms with Gasteiger partial charge < -0.3 is 9.84 Å². The molecule has 19 heavy (non-hydrogen) atoms. The van der Waals surface area contributed by atoms with Gasteiger partial charge >= 0.3 is 0 Å². The van der Waals surface area contributed by atoms with Gasteiger partial charge in [-0.2, -0.15) is 4.98 Å². The molecule has 6 nitrogen and oxygen atoms in total. The van der Waals surface area contributed by atoms with Crippen molar-refractivity contribution >= 4 is 11.0 Å². The van der Waals surface area contributed by atoms with Crippen LogP contribution in [0, 0.1) is 0 Å². The SMILES string of the molecule is c1cnc2cc(-c3noc(C4CNC4)n3)ccc2n1. The van der Waals surface area contributed by atoms with Gasteiger partial charge in [-0.05, 0) is 18.2 Å². The zero-order valence-corrected chi connectivity index (χ0v) is 10.1. The minimum absolute atomic E-state index is 0.349. The zero-order chi connectivity index (χ0) is 12.7. The molecule has 1 N–H and O–H groups in total. The van der Waals surface area contributed by atoms with Gasteiger partial charge in [-0.15, -0.1) is 0 Å². The molecule has 0 amide bonds. The van der Waals surface area contributed by atoms with E-state index in [4.69, 9.17) is 4.52 Å². The van der Waals surface area contributed by atoms with E-state index >= 15 is 0 Å². The number of hydrogen-bond donors (Lipinski definition) is 1. The minimum atomic E-state index is 0.349. The lowest BCUT2D eigenvalue weighted by atomic mass is 10.0. The third kappa shape index (κ3) is 1.77. The van der Waals surface area contributed by atoms with Crippen LogP contribution in [-0.4, -0.2) is 33.2 Å². The largest absolute Gasteiger partial charge is 0.339 e. The van der Waals surface area contributed by atoms with Gasteiger partial charge in [0.25, 0.3) is 0 Å². The van der Waals surface area contributed by atoms with E-state index in [-0.39, 0.29) is 0 Å².